The summed E-state index contributed by atoms with van der Waals surface area (Å²) >= 11 is 0. The minimum atomic E-state index is 0.121. The van der Waals surface area contributed by atoms with Crippen LogP contribution >= 0.6 is 0 Å². The number of nitrogens with one attached hydrogen (secondary N) is 1. The molecule has 6 nitrogen and oxygen atoms in total. The topological polar surface area (TPSA) is 76.2 Å². The smallest absolute Gasteiger partial charge is 0.222 e. The molecule has 112 valence electrons. The van der Waals surface area contributed by atoms with Crippen molar-refractivity contribution in [2.24, 2.45) is 13.0 Å². The molecule has 0 aromatic carbocycles. The molecular weight excluding hydrogens is 254 g/mol. The number of aromatic nitrogens is 2. The summed E-state index contributed by atoms with van der Waals surface area (Å²) in [5.74, 6) is 1.57. The van der Waals surface area contributed by atoms with Gasteiger partial charge in [-0.3, -0.25) is 9.48 Å². The van der Waals surface area contributed by atoms with Crippen LogP contribution in [0, 0.1) is 5.92 Å². The molecule has 1 aromatic heterocycles. The van der Waals surface area contributed by atoms with E-state index < -0.39 is 0 Å². The van der Waals surface area contributed by atoms with Crippen LogP contribution < -0.4 is 16.0 Å². The van der Waals surface area contributed by atoms with E-state index in [0.717, 1.165) is 43.1 Å². The number of rotatable bonds is 3. The highest BCUT2D eigenvalue weighted by atomic mass is 16.1. The Morgan fingerprint density at radius 1 is 1.40 bits per heavy atom. The molecule has 0 spiro atoms. The van der Waals surface area contributed by atoms with Crippen molar-refractivity contribution in [3.63, 3.8) is 0 Å². The highest BCUT2D eigenvalue weighted by molar-refractivity contribution is 5.78. The Bertz CT molecular complexity index is 486. The maximum absolute atomic E-state index is 11.7. The Balaban J connectivity index is 2.13. The van der Waals surface area contributed by atoms with Gasteiger partial charge in [-0.05, 0) is 18.8 Å². The summed E-state index contributed by atoms with van der Waals surface area (Å²) in [7, 11) is 3.63. The van der Waals surface area contributed by atoms with Gasteiger partial charge < -0.3 is 16.0 Å². The summed E-state index contributed by atoms with van der Waals surface area (Å²) in [6.45, 7) is 5.89. The highest BCUT2D eigenvalue weighted by Crippen LogP contribution is 2.33. The fourth-order valence-corrected chi connectivity index (χ4v) is 2.91. The van der Waals surface area contributed by atoms with E-state index in [0.29, 0.717) is 5.92 Å². The second kappa shape index (κ2) is 5.73. The molecule has 0 bridgehead atoms. The second-order valence-electron chi connectivity index (χ2n) is 5.78. The number of anilines is 2. The molecule has 0 atom stereocenters. The molecule has 3 N–H and O–H groups in total. The normalized spacial score (nSPS) is 16.8. The number of aryl methyl sites for hydroxylation is 1. The quantitative estimate of drug-likeness (QED) is 0.868. The van der Waals surface area contributed by atoms with Crippen LogP contribution in [-0.2, 0) is 11.8 Å². The number of carbonyl (C=O) groups is 1. The van der Waals surface area contributed by atoms with Crippen molar-refractivity contribution in [2.75, 3.05) is 30.8 Å². The van der Waals surface area contributed by atoms with E-state index in [2.05, 4.69) is 29.2 Å². The van der Waals surface area contributed by atoms with Crippen molar-refractivity contribution < 1.29 is 4.79 Å². The third-order valence-corrected chi connectivity index (χ3v) is 4.04. The molecule has 2 heterocycles. The third-order valence-electron chi connectivity index (χ3n) is 4.04. The Morgan fingerprint density at radius 3 is 2.45 bits per heavy atom. The monoisotopic (exact) mass is 279 g/mol. The van der Waals surface area contributed by atoms with Crippen LogP contribution in [0.1, 0.15) is 38.3 Å². The minimum absolute atomic E-state index is 0.121. The van der Waals surface area contributed by atoms with Crippen LogP contribution in [0.3, 0.4) is 0 Å². The van der Waals surface area contributed by atoms with Gasteiger partial charge >= 0.3 is 0 Å². The molecule has 0 radical (unpaired) electrons. The van der Waals surface area contributed by atoms with E-state index in [1.807, 2.05) is 11.7 Å². The fraction of sp³-hybridized carbons (Fsp3) is 0.714. The van der Waals surface area contributed by atoms with E-state index in [1.54, 1.807) is 7.05 Å². The molecule has 1 amide bonds. The van der Waals surface area contributed by atoms with Crippen molar-refractivity contribution in [3.05, 3.63) is 5.69 Å². The van der Waals surface area contributed by atoms with E-state index in [4.69, 9.17) is 5.73 Å². The first-order valence-electron chi connectivity index (χ1n) is 7.24. The van der Waals surface area contributed by atoms with Gasteiger partial charge in [-0.1, -0.05) is 13.8 Å². The van der Waals surface area contributed by atoms with Gasteiger partial charge in [0.1, 0.15) is 5.82 Å². The second-order valence-corrected chi connectivity index (χ2v) is 5.78. The number of nitrogens with two attached hydrogens (primary N) is 1. The first-order valence-corrected chi connectivity index (χ1v) is 7.24. The van der Waals surface area contributed by atoms with E-state index in [-0.39, 0.29) is 11.8 Å². The van der Waals surface area contributed by atoms with Crippen molar-refractivity contribution in [1.82, 2.24) is 15.1 Å². The summed E-state index contributed by atoms with van der Waals surface area (Å²) in [5.41, 5.74) is 7.99. The average Bonchev–Trinajstić information content (AvgIpc) is 2.73. The van der Waals surface area contributed by atoms with Gasteiger partial charge in [-0.15, -0.1) is 0 Å². The number of piperidine rings is 1. The number of nitrogens with zero attached hydrogens (tertiary/aromatic N) is 3. The molecule has 20 heavy (non-hydrogen) atoms. The molecular formula is C14H25N5O. The zero-order chi connectivity index (χ0) is 14.9. The van der Waals surface area contributed by atoms with Crippen molar-refractivity contribution in [2.45, 2.75) is 32.6 Å². The lowest BCUT2D eigenvalue weighted by Crippen LogP contribution is -2.40. The van der Waals surface area contributed by atoms with E-state index in [1.165, 1.54) is 0 Å². The number of hydrogen-bond donors (Lipinski definition) is 2. The predicted octanol–water partition coefficient (Wildman–Crippen LogP) is 1.09. The molecule has 1 aliphatic rings. The average molecular weight is 279 g/mol. The molecule has 1 saturated heterocycles. The van der Waals surface area contributed by atoms with Crippen LogP contribution in [0.15, 0.2) is 0 Å². The summed E-state index contributed by atoms with van der Waals surface area (Å²) < 4.78 is 1.87. The van der Waals surface area contributed by atoms with Crippen molar-refractivity contribution >= 4 is 17.4 Å². The molecule has 2 rings (SSSR count). The number of carbonyl (C=O) groups excluding carboxylic acids is 1. The van der Waals surface area contributed by atoms with E-state index >= 15 is 0 Å². The SMILES string of the molecule is CNC(=O)C1CCN(c2c(N)c(C(C)C)nn2C)CC1. The van der Waals surface area contributed by atoms with Crippen LogP contribution in [0.4, 0.5) is 11.5 Å². The first-order chi connectivity index (χ1) is 9.45. The van der Waals surface area contributed by atoms with Gasteiger partial charge in [0.15, 0.2) is 0 Å². The first kappa shape index (κ1) is 14.7. The maximum Gasteiger partial charge on any atom is 0.222 e. The van der Waals surface area contributed by atoms with Gasteiger partial charge in [0.2, 0.25) is 5.91 Å². The Morgan fingerprint density at radius 2 is 2.00 bits per heavy atom. The Hall–Kier alpha value is -1.72. The van der Waals surface area contributed by atoms with E-state index in [9.17, 15) is 4.79 Å². The summed E-state index contributed by atoms with van der Waals surface area (Å²) in [5, 5.41) is 7.26. The van der Waals surface area contributed by atoms with Crippen LogP contribution in [-0.4, -0.2) is 35.8 Å². The minimum Gasteiger partial charge on any atom is -0.394 e. The lowest BCUT2D eigenvalue weighted by atomic mass is 9.96. The zero-order valence-electron chi connectivity index (χ0n) is 12.8. The lowest BCUT2D eigenvalue weighted by Gasteiger charge is -2.32. The maximum atomic E-state index is 11.7. The molecule has 0 unspecified atom stereocenters. The molecule has 0 aliphatic carbocycles. The molecule has 0 saturated carbocycles. The molecule has 6 heteroatoms. The molecule has 1 aromatic rings. The van der Waals surface area contributed by atoms with Crippen LogP contribution in [0.5, 0.6) is 0 Å². The van der Waals surface area contributed by atoms with Crippen molar-refractivity contribution in [1.29, 1.82) is 0 Å². The summed E-state index contributed by atoms with van der Waals surface area (Å²) in [4.78, 5) is 13.9. The third kappa shape index (κ3) is 2.59. The standard InChI is InChI=1S/C14H25N5O/c1-9(2)12-11(15)14(18(4)17-12)19-7-5-10(6-8-19)13(20)16-3/h9-10H,5-8,15H2,1-4H3,(H,16,20). The fourth-order valence-electron chi connectivity index (χ4n) is 2.91. The number of nitrogen functional groups attached to an aromatic ring is 1. The van der Waals surface area contributed by atoms with Crippen molar-refractivity contribution in [3.8, 4) is 0 Å². The van der Waals surface area contributed by atoms with Gasteiger partial charge in [0.05, 0.1) is 11.4 Å². The van der Waals surface area contributed by atoms with Gasteiger partial charge in [0.25, 0.3) is 0 Å². The molecule has 1 aliphatic heterocycles. The largest absolute Gasteiger partial charge is 0.394 e. The summed E-state index contributed by atoms with van der Waals surface area (Å²) in [6, 6.07) is 0. The van der Waals surface area contributed by atoms with Gasteiger partial charge in [0, 0.05) is 33.1 Å². The molecule has 1 fully saturated rings. The lowest BCUT2D eigenvalue weighted by molar-refractivity contribution is -0.125. The number of amides is 1. The highest BCUT2D eigenvalue weighted by Gasteiger charge is 2.28. The Kier molecular flexibility index (Phi) is 4.20. The summed E-state index contributed by atoms with van der Waals surface area (Å²) in [6.07, 6.45) is 1.72. The van der Waals surface area contributed by atoms with Crippen LogP contribution in [0.25, 0.3) is 0 Å². The van der Waals surface area contributed by atoms with Gasteiger partial charge in [-0.25, -0.2) is 0 Å². The predicted molar refractivity (Wildman–Crippen MR) is 80.7 cm³/mol. The van der Waals surface area contributed by atoms with Crippen LogP contribution in [0.2, 0.25) is 0 Å². The Labute approximate surface area is 120 Å². The zero-order valence-corrected chi connectivity index (χ0v) is 12.8. The number of hydrogen-bond acceptors (Lipinski definition) is 4. The van der Waals surface area contributed by atoms with Gasteiger partial charge in [-0.2, -0.15) is 5.10 Å².